The van der Waals surface area contributed by atoms with Gasteiger partial charge in [-0.15, -0.1) is 0 Å². The van der Waals surface area contributed by atoms with Gasteiger partial charge in [-0.1, -0.05) is 42.0 Å². The maximum absolute atomic E-state index is 13.5. The zero-order valence-electron chi connectivity index (χ0n) is 19.2. The fourth-order valence-corrected chi connectivity index (χ4v) is 4.12. The van der Waals surface area contributed by atoms with E-state index in [0.29, 0.717) is 12.1 Å². The average Bonchev–Trinajstić information content (AvgIpc) is 3.37. The normalized spacial score (nSPS) is 17.9. The molecule has 4 rings (SSSR count). The van der Waals surface area contributed by atoms with Gasteiger partial charge in [0.1, 0.15) is 6.10 Å². The molecule has 2 N–H and O–H groups in total. The Hall–Kier alpha value is -3.46. The number of ketones is 1. The minimum Gasteiger partial charge on any atom is -0.460 e. The number of carbonyl (C=O) groups excluding carboxylic acids is 1. The third-order valence-electron chi connectivity index (χ3n) is 6.04. The molecule has 0 radical (unpaired) electrons. The van der Waals surface area contributed by atoms with E-state index < -0.39 is 11.2 Å². The second-order valence-corrected chi connectivity index (χ2v) is 8.73. The van der Waals surface area contributed by atoms with Crippen LogP contribution >= 0.6 is 0 Å². The van der Waals surface area contributed by atoms with Crippen LogP contribution in [-0.4, -0.2) is 36.6 Å². The molecule has 1 aliphatic rings. The summed E-state index contributed by atoms with van der Waals surface area (Å²) in [7, 11) is 1.54. The van der Waals surface area contributed by atoms with E-state index in [1.807, 2.05) is 19.9 Å². The zero-order chi connectivity index (χ0) is 23.7. The van der Waals surface area contributed by atoms with E-state index in [1.54, 1.807) is 34.9 Å². The molecule has 1 fully saturated rings. The van der Waals surface area contributed by atoms with Gasteiger partial charge in [0, 0.05) is 25.2 Å². The Balaban J connectivity index is 1.85. The summed E-state index contributed by atoms with van der Waals surface area (Å²) in [5.74, 6) is -0.321. The molecule has 2 heterocycles. The van der Waals surface area contributed by atoms with E-state index in [2.05, 4.69) is 4.98 Å². The van der Waals surface area contributed by atoms with Gasteiger partial charge in [-0.05, 0) is 33.1 Å². The number of rotatable bonds is 7. The van der Waals surface area contributed by atoms with E-state index in [9.17, 15) is 14.4 Å². The second kappa shape index (κ2) is 9.19. The Bertz CT molecular complexity index is 1330. The van der Waals surface area contributed by atoms with Crippen LogP contribution in [0.5, 0.6) is 6.01 Å². The van der Waals surface area contributed by atoms with Crippen LogP contribution in [0, 0.1) is 0 Å². The minimum absolute atomic E-state index is 0.106. The smallest absolute Gasteiger partial charge is 0.332 e. The first kappa shape index (κ1) is 22.7. The van der Waals surface area contributed by atoms with Gasteiger partial charge >= 0.3 is 5.69 Å². The van der Waals surface area contributed by atoms with Crippen molar-refractivity contribution in [2.45, 2.75) is 58.3 Å². The number of benzene rings is 1. The van der Waals surface area contributed by atoms with Crippen LogP contribution in [0.1, 0.15) is 43.5 Å². The maximum atomic E-state index is 13.5. The van der Waals surface area contributed by atoms with Crippen molar-refractivity contribution in [3.8, 4) is 6.01 Å². The van der Waals surface area contributed by atoms with Gasteiger partial charge in [0.05, 0.1) is 6.54 Å². The minimum atomic E-state index is -0.604. The summed E-state index contributed by atoms with van der Waals surface area (Å²) in [6.07, 6.45) is 4.39. The number of hydrogen-bond donors (Lipinski definition) is 1. The molecule has 33 heavy (non-hydrogen) atoms. The quantitative estimate of drug-likeness (QED) is 0.434. The number of ether oxygens (including phenoxy) is 1. The van der Waals surface area contributed by atoms with Gasteiger partial charge in [-0.3, -0.25) is 23.3 Å². The summed E-state index contributed by atoms with van der Waals surface area (Å²) in [6.45, 7) is 3.90. The van der Waals surface area contributed by atoms with E-state index in [-0.39, 0.29) is 41.6 Å². The lowest BCUT2D eigenvalue weighted by atomic mass is 10.1. The molecular formula is C24H29N5O4. The van der Waals surface area contributed by atoms with Crippen LogP contribution in [-0.2, 0) is 20.1 Å². The monoisotopic (exact) mass is 451 g/mol. The van der Waals surface area contributed by atoms with Gasteiger partial charge < -0.3 is 10.5 Å². The van der Waals surface area contributed by atoms with Crippen LogP contribution in [0.3, 0.4) is 0 Å². The van der Waals surface area contributed by atoms with E-state index >= 15 is 0 Å². The molecule has 2 aromatic heterocycles. The van der Waals surface area contributed by atoms with Crippen molar-refractivity contribution in [2.75, 3.05) is 0 Å². The van der Waals surface area contributed by atoms with Crippen LogP contribution in [0.4, 0.5) is 0 Å². The predicted octanol–water partition coefficient (Wildman–Crippen LogP) is 2.00. The molecule has 0 bridgehead atoms. The van der Waals surface area contributed by atoms with Crippen molar-refractivity contribution < 1.29 is 9.53 Å². The lowest BCUT2D eigenvalue weighted by Gasteiger charge is -2.17. The van der Waals surface area contributed by atoms with Crippen LogP contribution in [0.25, 0.3) is 11.2 Å². The summed E-state index contributed by atoms with van der Waals surface area (Å²) < 4.78 is 10.1. The molecule has 2 atom stereocenters. The molecule has 0 unspecified atom stereocenters. The summed E-state index contributed by atoms with van der Waals surface area (Å²) in [5.41, 5.74) is 6.94. The van der Waals surface area contributed by atoms with Crippen molar-refractivity contribution in [3.63, 3.8) is 0 Å². The number of aryl methyl sites for hydroxylation is 1. The maximum Gasteiger partial charge on any atom is 0.332 e. The van der Waals surface area contributed by atoms with E-state index in [0.717, 1.165) is 29.4 Å². The molecule has 0 saturated heterocycles. The Kier molecular flexibility index (Phi) is 6.33. The molecule has 9 heteroatoms. The largest absolute Gasteiger partial charge is 0.460 e. The number of allylic oxidation sites excluding steroid dienone is 2. The van der Waals surface area contributed by atoms with E-state index in [4.69, 9.17) is 10.5 Å². The number of fused-ring (bicyclic) bond motifs is 1. The van der Waals surface area contributed by atoms with Crippen molar-refractivity contribution >= 4 is 16.9 Å². The van der Waals surface area contributed by atoms with Gasteiger partial charge in [0.15, 0.2) is 16.9 Å². The fourth-order valence-electron chi connectivity index (χ4n) is 4.12. The highest BCUT2D eigenvalue weighted by atomic mass is 16.5. The number of imidazole rings is 1. The first-order chi connectivity index (χ1) is 15.8. The number of nitrogens with zero attached hydrogens (tertiary/aromatic N) is 4. The lowest BCUT2D eigenvalue weighted by molar-refractivity contribution is 0.0969. The van der Waals surface area contributed by atoms with Crippen molar-refractivity contribution in [3.05, 3.63) is 68.4 Å². The van der Waals surface area contributed by atoms with Gasteiger partial charge in [-0.25, -0.2) is 4.79 Å². The Morgan fingerprint density at radius 3 is 2.55 bits per heavy atom. The summed E-state index contributed by atoms with van der Waals surface area (Å²) >= 11 is 0. The third-order valence-corrected chi connectivity index (χ3v) is 6.04. The predicted molar refractivity (Wildman–Crippen MR) is 126 cm³/mol. The Labute approximate surface area is 191 Å². The van der Waals surface area contributed by atoms with Gasteiger partial charge in [0.2, 0.25) is 0 Å². The molecule has 9 nitrogen and oxygen atoms in total. The zero-order valence-corrected chi connectivity index (χ0v) is 19.2. The second-order valence-electron chi connectivity index (χ2n) is 8.73. The Morgan fingerprint density at radius 2 is 1.91 bits per heavy atom. The summed E-state index contributed by atoms with van der Waals surface area (Å²) in [4.78, 5) is 43.8. The first-order valence-corrected chi connectivity index (χ1v) is 11.1. The number of nitrogens with two attached hydrogens (primary N) is 1. The van der Waals surface area contributed by atoms with Crippen LogP contribution < -0.4 is 21.7 Å². The number of hydrogen-bond acceptors (Lipinski definition) is 6. The third kappa shape index (κ3) is 4.41. The van der Waals surface area contributed by atoms with E-state index in [1.165, 1.54) is 11.6 Å². The molecule has 1 saturated carbocycles. The first-order valence-electron chi connectivity index (χ1n) is 11.1. The fraction of sp³-hybridized carbons (Fsp3) is 0.417. The highest BCUT2D eigenvalue weighted by molar-refractivity contribution is 5.95. The molecule has 3 aromatic rings. The number of Topliss-reactive ketones (excluding diaryl/α,β-unsaturated/α-hetero) is 1. The molecular weight excluding hydrogens is 422 g/mol. The standard InChI is InChI=1S/C24H29N5O4/c1-15(2)12-13-28-20-21(26-23(28)33-19-11-7-10-17(19)25)27(3)24(32)29(22(20)31)14-18(30)16-8-5-4-6-9-16/h4-6,8-9,12,17,19H,7,10-11,13-14,25H2,1-3H3/t17-,19-/m0/s1. The molecule has 174 valence electrons. The molecule has 0 aliphatic heterocycles. The van der Waals surface area contributed by atoms with Crippen molar-refractivity contribution in [1.82, 2.24) is 18.7 Å². The highest BCUT2D eigenvalue weighted by Gasteiger charge is 2.29. The molecule has 0 spiro atoms. The highest BCUT2D eigenvalue weighted by Crippen LogP contribution is 2.25. The summed E-state index contributed by atoms with van der Waals surface area (Å²) in [6, 6.07) is 8.74. The molecule has 1 aromatic carbocycles. The van der Waals surface area contributed by atoms with Crippen molar-refractivity contribution in [2.24, 2.45) is 12.8 Å². The van der Waals surface area contributed by atoms with Crippen molar-refractivity contribution in [1.29, 1.82) is 0 Å². The van der Waals surface area contributed by atoms with Crippen LogP contribution in [0.2, 0.25) is 0 Å². The summed E-state index contributed by atoms with van der Waals surface area (Å²) in [5, 5.41) is 0. The number of carbonyl (C=O) groups is 1. The lowest BCUT2D eigenvalue weighted by Crippen LogP contribution is -2.41. The molecule has 0 amide bonds. The van der Waals surface area contributed by atoms with Gasteiger partial charge in [-0.2, -0.15) is 4.98 Å². The molecule has 1 aliphatic carbocycles. The number of aromatic nitrogens is 4. The van der Waals surface area contributed by atoms with Crippen LogP contribution in [0.15, 0.2) is 51.6 Å². The SMILES string of the molecule is CC(C)=CCn1c(O[C@H]2CCC[C@@H]2N)nc2c1c(=O)n(CC(=O)c1ccccc1)c(=O)n2C. The average molecular weight is 452 g/mol. The Morgan fingerprint density at radius 1 is 1.18 bits per heavy atom. The topological polar surface area (TPSA) is 114 Å². The van der Waals surface area contributed by atoms with Gasteiger partial charge in [0.25, 0.3) is 11.6 Å².